The fraction of sp³-hybridized carbons (Fsp3) is 0. The van der Waals surface area contributed by atoms with Gasteiger partial charge in [0.25, 0.3) is 0 Å². The van der Waals surface area contributed by atoms with Gasteiger partial charge in [0, 0.05) is 3.57 Å². The molecule has 1 N–H and O–H groups in total. The highest BCUT2D eigenvalue weighted by Crippen LogP contribution is 2.10. The second-order valence-corrected chi connectivity index (χ2v) is 2.85. The Morgan fingerprint density at radius 3 is 2.22 bits per heavy atom. The largest absolute Gasteiger partial charge is 0.225 e. The van der Waals surface area contributed by atoms with Crippen LogP contribution in [0.5, 0.6) is 0 Å². The van der Waals surface area contributed by atoms with Crippen LogP contribution < -0.4 is 5.54 Å². The van der Waals surface area contributed by atoms with Crippen LogP contribution in [-0.4, -0.2) is 0 Å². The highest BCUT2D eigenvalue weighted by Gasteiger charge is 1.86. The third-order valence-corrected chi connectivity index (χ3v) is 1.67. The molecule has 0 atom stereocenters. The van der Waals surface area contributed by atoms with E-state index < -0.39 is 0 Å². The first-order chi connectivity index (χ1) is 4.33. The molecule has 48 valence electrons. The molecule has 0 saturated carbocycles. The van der Waals surface area contributed by atoms with Crippen molar-refractivity contribution in [3.63, 3.8) is 0 Å². The molecular weight excluding hydrogens is 232 g/mol. The van der Waals surface area contributed by atoms with E-state index in [1.54, 1.807) is 17.7 Å². The predicted molar refractivity (Wildman–Crippen MR) is 43.9 cm³/mol. The fourth-order valence-corrected chi connectivity index (χ4v) is 0.872. The Morgan fingerprint density at radius 2 is 1.78 bits per heavy atom. The van der Waals surface area contributed by atoms with Crippen molar-refractivity contribution in [2.45, 2.75) is 0 Å². The normalized spacial score (nSPS) is 9.11. The molecule has 1 aromatic carbocycles. The zero-order chi connectivity index (χ0) is 6.69. The van der Waals surface area contributed by atoms with Crippen LogP contribution in [0.3, 0.4) is 0 Å². The van der Waals surface area contributed by atoms with Gasteiger partial charge in [0.2, 0.25) is 0 Å². The Kier molecular flexibility index (Phi) is 2.27. The number of nitrogens with one attached hydrogen (secondary N) is 1. The molecule has 0 aliphatic rings. The molecule has 0 aromatic heterocycles. The maximum atomic E-state index is 11.6. The van der Waals surface area contributed by atoms with E-state index in [0.717, 1.165) is 3.57 Å². The molecule has 0 aliphatic heterocycles. The first-order valence-electron chi connectivity index (χ1n) is 2.45. The number of benzene rings is 1. The van der Waals surface area contributed by atoms with E-state index in [1.807, 2.05) is 12.1 Å². The van der Waals surface area contributed by atoms with Crippen LogP contribution in [0.15, 0.2) is 24.3 Å². The van der Waals surface area contributed by atoms with Crippen LogP contribution in [0.2, 0.25) is 0 Å². The smallest absolute Gasteiger partial charge is 0.0656 e. The molecular formula is C6H5FIN. The minimum Gasteiger partial charge on any atom is -0.225 e. The van der Waals surface area contributed by atoms with Gasteiger partial charge in [-0.3, -0.25) is 0 Å². The lowest BCUT2D eigenvalue weighted by Gasteiger charge is -1.93. The molecule has 0 bridgehead atoms. The average Bonchev–Trinajstić information content (AvgIpc) is 1.90. The molecule has 0 amide bonds. The highest BCUT2D eigenvalue weighted by molar-refractivity contribution is 14.1. The molecule has 0 unspecified atom stereocenters. The lowest BCUT2D eigenvalue weighted by molar-refractivity contribution is 0.618. The van der Waals surface area contributed by atoms with Crippen molar-refractivity contribution >= 4 is 28.3 Å². The summed E-state index contributed by atoms with van der Waals surface area (Å²) in [5.74, 6) is 0. The third-order valence-electron chi connectivity index (χ3n) is 0.953. The van der Waals surface area contributed by atoms with Gasteiger partial charge in [0.15, 0.2) is 0 Å². The maximum absolute atomic E-state index is 11.6. The molecule has 0 aliphatic carbocycles. The molecule has 1 aromatic rings. The van der Waals surface area contributed by atoms with Gasteiger partial charge in [-0.05, 0) is 46.9 Å². The molecule has 9 heavy (non-hydrogen) atoms. The SMILES string of the molecule is FNc1ccc(I)cc1. The van der Waals surface area contributed by atoms with Crippen molar-refractivity contribution in [1.82, 2.24) is 0 Å². The quantitative estimate of drug-likeness (QED) is 0.584. The summed E-state index contributed by atoms with van der Waals surface area (Å²) in [6.07, 6.45) is 0. The standard InChI is InChI=1S/C6H5FIN/c7-9-6-3-1-5(8)2-4-6/h1-4,9H. The lowest BCUT2D eigenvalue weighted by Crippen LogP contribution is -1.79. The van der Waals surface area contributed by atoms with Gasteiger partial charge in [-0.15, -0.1) is 4.48 Å². The van der Waals surface area contributed by atoms with Crippen LogP contribution in [0.1, 0.15) is 0 Å². The van der Waals surface area contributed by atoms with Crippen molar-refractivity contribution in [2.75, 3.05) is 5.54 Å². The Balaban J connectivity index is 2.88. The van der Waals surface area contributed by atoms with Crippen LogP contribution in [0, 0.1) is 3.57 Å². The van der Waals surface area contributed by atoms with Gasteiger partial charge in [-0.2, -0.15) is 0 Å². The summed E-state index contributed by atoms with van der Waals surface area (Å²) in [7, 11) is 0. The lowest BCUT2D eigenvalue weighted by atomic mass is 10.3. The summed E-state index contributed by atoms with van der Waals surface area (Å²) in [4.78, 5) is 0. The number of hydrogen-bond acceptors (Lipinski definition) is 1. The van der Waals surface area contributed by atoms with E-state index >= 15 is 0 Å². The second-order valence-electron chi connectivity index (χ2n) is 1.60. The Labute approximate surface area is 66.3 Å². The number of anilines is 1. The van der Waals surface area contributed by atoms with Gasteiger partial charge >= 0.3 is 0 Å². The zero-order valence-corrected chi connectivity index (χ0v) is 6.72. The monoisotopic (exact) mass is 237 g/mol. The predicted octanol–water partition coefficient (Wildman–Crippen LogP) is 2.59. The van der Waals surface area contributed by atoms with Crippen LogP contribution >= 0.6 is 22.6 Å². The number of hydrogen-bond donors (Lipinski definition) is 1. The van der Waals surface area contributed by atoms with Crippen molar-refractivity contribution in [1.29, 1.82) is 0 Å². The van der Waals surface area contributed by atoms with Gasteiger partial charge in [0.1, 0.15) is 0 Å². The van der Waals surface area contributed by atoms with Crippen molar-refractivity contribution in [2.24, 2.45) is 0 Å². The van der Waals surface area contributed by atoms with E-state index in [9.17, 15) is 4.48 Å². The first kappa shape index (κ1) is 6.80. The molecule has 1 nitrogen and oxygen atoms in total. The van der Waals surface area contributed by atoms with Gasteiger partial charge < -0.3 is 0 Å². The molecule has 0 spiro atoms. The van der Waals surface area contributed by atoms with Crippen LogP contribution in [0.25, 0.3) is 0 Å². The van der Waals surface area contributed by atoms with Crippen molar-refractivity contribution in [3.8, 4) is 0 Å². The molecule has 0 saturated heterocycles. The molecule has 3 heteroatoms. The zero-order valence-electron chi connectivity index (χ0n) is 4.57. The Morgan fingerprint density at radius 1 is 1.22 bits per heavy atom. The minimum absolute atomic E-state index is 0.496. The highest BCUT2D eigenvalue weighted by atomic mass is 127. The minimum atomic E-state index is 0.496. The molecule has 1 rings (SSSR count). The molecule has 0 fully saturated rings. The van der Waals surface area contributed by atoms with E-state index in [1.165, 1.54) is 0 Å². The van der Waals surface area contributed by atoms with E-state index in [2.05, 4.69) is 22.6 Å². The van der Waals surface area contributed by atoms with Gasteiger partial charge in [-0.1, -0.05) is 0 Å². The summed E-state index contributed by atoms with van der Waals surface area (Å²) in [6, 6.07) is 7.04. The molecule has 0 radical (unpaired) electrons. The summed E-state index contributed by atoms with van der Waals surface area (Å²) in [5.41, 5.74) is 2.05. The first-order valence-corrected chi connectivity index (χ1v) is 3.53. The van der Waals surface area contributed by atoms with E-state index in [4.69, 9.17) is 0 Å². The number of halogens is 2. The summed E-state index contributed by atoms with van der Waals surface area (Å²) >= 11 is 2.16. The van der Waals surface area contributed by atoms with Gasteiger partial charge in [0.05, 0.1) is 5.69 Å². The van der Waals surface area contributed by atoms with E-state index in [0.29, 0.717) is 5.69 Å². The summed E-state index contributed by atoms with van der Waals surface area (Å²) in [6.45, 7) is 0. The van der Waals surface area contributed by atoms with Crippen molar-refractivity contribution < 1.29 is 4.48 Å². The summed E-state index contributed by atoms with van der Waals surface area (Å²) < 4.78 is 12.7. The van der Waals surface area contributed by atoms with Crippen LogP contribution in [0.4, 0.5) is 10.2 Å². The topological polar surface area (TPSA) is 12.0 Å². The molecule has 0 heterocycles. The van der Waals surface area contributed by atoms with Crippen LogP contribution in [-0.2, 0) is 0 Å². The second kappa shape index (κ2) is 3.00. The van der Waals surface area contributed by atoms with Crippen molar-refractivity contribution in [3.05, 3.63) is 27.8 Å². The summed E-state index contributed by atoms with van der Waals surface area (Å²) in [5, 5.41) is 0. The third kappa shape index (κ3) is 1.82. The van der Waals surface area contributed by atoms with Gasteiger partial charge in [-0.25, -0.2) is 5.54 Å². The van der Waals surface area contributed by atoms with E-state index in [-0.39, 0.29) is 0 Å². The average molecular weight is 237 g/mol. The Bertz CT molecular complexity index is 185. The fourth-order valence-electron chi connectivity index (χ4n) is 0.513. The maximum Gasteiger partial charge on any atom is 0.0656 e. The Hall–Kier alpha value is -0.320. The number of rotatable bonds is 1.